The fraction of sp³-hybridized carbons (Fsp3) is 0.400. The lowest BCUT2D eigenvalue weighted by molar-refractivity contribution is -0.115. The molecule has 1 saturated heterocycles. The van der Waals surface area contributed by atoms with Crippen molar-refractivity contribution in [2.45, 2.75) is 36.6 Å². The van der Waals surface area contributed by atoms with Gasteiger partial charge in [0, 0.05) is 37.0 Å². The number of methoxy groups -OCH3 is 3. The zero-order valence-corrected chi connectivity index (χ0v) is 21.3. The van der Waals surface area contributed by atoms with Crippen LogP contribution in [0.25, 0.3) is 5.69 Å². The molecule has 9 nitrogen and oxygen atoms in total. The number of nitrogens with zero attached hydrogens (tertiary/aromatic N) is 4. The number of nitrogens with one attached hydrogen (secondary N) is 1. The van der Waals surface area contributed by atoms with Gasteiger partial charge in [0.2, 0.25) is 11.9 Å². The molecule has 1 N–H and O–H groups in total. The van der Waals surface area contributed by atoms with E-state index >= 15 is 0 Å². The first-order valence-electron chi connectivity index (χ1n) is 11.6. The summed E-state index contributed by atoms with van der Waals surface area (Å²) in [5.41, 5.74) is 1.44. The van der Waals surface area contributed by atoms with Crippen LogP contribution in [-0.4, -0.2) is 60.3 Å². The van der Waals surface area contributed by atoms with Crippen LogP contribution in [0.1, 0.15) is 26.2 Å². The molecule has 1 aromatic heterocycles. The summed E-state index contributed by atoms with van der Waals surface area (Å²) >= 11 is 1.35. The molecule has 2 aromatic carbocycles. The summed E-state index contributed by atoms with van der Waals surface area (Å²) in [7, 11) is 4.79. The van der Waals surface area contributed by atoms with Gasteiger partial charge in [0.25, 0.3) is 0 Å². The van der Waals surface area contributed by atoms with E-state index in [1.165, 1.54) is 18.2 Å². The van der Waals surface area contributed by atoms with Crippen molar-refractivity contribution in [1.29, 1.82) is 0 Å². The SMILES string of the molecule is COc1cc(NC(=O)C(C)Sc2nnc(N3CCCCC3)n2-c2ccccc2OC)cc(OC)c1. The molecular formula is C25H31N5O4S. The highest BCUT2D eigenvalue weighted by Crippen LogP contribution is 2.34. The van der Waals surface area contributed by atoms with Gasteiger partial charge in [0.1, 0.15) is 17.2 Å². The Morgan fingerprint density at radius 1 is 0.971 bits per heavy atom. The highest BCUT2D eigenvalue weighted by molar-refractivity contribution is 8.00. The lowest BCUT2D eigenvalue weighted by Crippen LogP contribution is -2.32. The number of hydrogen-bond donors (Lipinski definition) is 1. The molecule has 1 unspecified atom stereocenters. The number of amides is 1. The average molecular weight is 498 g/mol. The Morgan fingerprint density at radius 3 is 2.31 bits per heavy atom. The van der Waals surface area contributed by atoms with Crippen LogP contribution < -0.4 is 24.4 Å². The molecule has 1 aliphatic heterocycles. The number of ether oxygens (including phenoxy) is 3. The summed E-state index contributed by atoms with van der Waals surface area (Å²) in [6.45, 7) is 3.69. The van der Waals surface area contributed by atoms with Gasteiger partial charge >= 0.3 is 0 Å². The van der Waals surface area contributed by atoms with E-state index in [1.807, 2.05) is 35.8 Å². The van der Waals surface area contributed by atoms with Gasteiger partial charge in [-0.3, -0.25) is 9.36 Å². The topological polar surface area (TPSA) is 90.7 Å². The standard InChI is InChI=1S/C25H31N5O4S/c1-17(23(31)26-18-14-19(32-2)16-20(15-18)33-3)35-25-28-27-24(29-12-8-5-9-13-29)30(25)21-10-6-7-11-22(21)34-4/h6-7,10-11,14-17H,5,8-9,12-13H2,1-4H3,(H,26,31). The molecule has 10 heteroatoms. The largest absolute Gasteiger partial charge is 0.497 e. The van der Waals surface area contributed by atoms with E-state index in [9.17, 15) is 4.79 Å². The fourth-order valence-corrected chi connectivity index (χ4v) is 4.85. The fourth-order valence-electron chi connectivity index (χ4n) is 4.00. The normalized spacial score (nSPS) is 14.3. The lowest BCUT2D eigenvalue weighted by Gasteiger charge is -2.28. The van der Waals surface area contributed by atoms with Gasteiger partial charge in [-0.25, -0.2) is 0 Å². The predicted molar refractivity (Wildman–Crippen MR) is 137 cm³/mol. The van der Waals surface area contributed by atoms with Crippen molar-refractivity contribution in [3.63, 3.8) is 0 Å². The van der Waals surface area contributed by atoms with E-state index in [0.29, 0.717) is 28.1 Å². The monoisotopic (exact) mass is 497 g/mol. The van der Waals surface area contributed by atoms with Gasteiger partial charge in [-0.2, -0.15) is 0 Å². The highest BCUT2D eigenvalue weighted by atomic mass is 32.2. The molecule has 2 heterocycles. The molecule has 0 saturated carbocycles. The number of thioether (sulfide) groups is 1. The minimum atomic E-state index is -0.445. The summed E-state index contributed by atoms with van der Waals surface area (Å²) in [4.78, 5) is 15.3. The van der Waals surface area contributed by atoms with Crippen molar-refractivity contribution in [3.8, 4) is 22.9 Å². The number of benzene rings is 2. The Kier molecular flexibility index (Phi) is 8.02. The van der Waals surface area contributed by atoms with Crippen LogP contribution in [0.2, 0.25) is 0 Å². The Bertz CT molecular complexity index is 1140. The molecule has 0 bridgehead atoms. The maximum absolute atomic E-state index is 13.1. The average Bonchev–Trinajstić information content (AvgIpc) is 3.31. The summed E-state index contributed by atoms with van der Waals surface area (Å²) in [5, 5.41) is 12.1. The minimum Gasteiger partial charge on any atom is -0.497 e. The summed E-state index contributed by atoms with van der Waals surface area (Å²) in [6, 6.07) is 13.0. The molecule has 1 fully saturated rings. The maximum atomic E-state index is 13.1. The number of piperidine rings is 1. The van der Waals surface area contributed by atoms with Gasteiger partial charge in [-0.1, -0.05) is 23.9 Å². The van der Waals surface area contributed by atoms with E-state index in [2.05, 4.69) is 20.4 Å². The number of hydrogen-bond acceptors (Lipinski definition) is 8. The summed E-state index contributed by atoms with van der Waals surface area (Å²) in [6.07, 6.45) is 3.45. The second kappa shape index (κ2) is 11.4. The molecule has 3 aromatic rings. The highest BCUT2D eigenvalue weighted by Gasteiger charge is 2.26. The number of aromatic nitrogens is 3. The lowest BCUT2D eigenvalue weighted by atomic mass is 10.1. The van der Waals surface area contributed by atoms with E-state index < -0.39 is 5.25 Å². The maximum Gasteiger partial charge on any atom is 0.237 e. The van der Waals surface area contributed by atoms with Crippen molar-refractivity contribution in [2.24, 2.45) is 0 Å². The van der Waals surface area contributed by atoms with Crippen LogP contribution >= 0.6 is 11.8 Å². The van der Waals surface area contributed by atoms with Crippen LogP contribution in [0.5, 0.6) is 17.2 Å². The first-order valence-corrected chi connectivity index (χ1v) is 12.5. The second-order valence-corrected chi connectivity index (χ2v) is 9.50. The van der Waals surface area contributed by atoms with Gasteiger partial charge in [-0.15, -0.1) is 10.2 Å². The summed E-state index contributed by atoms with van der Waals surface area (Å²) in [5.74, 6) is 2.51. The Morgan fingerprint density at radius 2 is 1.66 bits per heavy atom. The number of rotatable bonds is 9. The number of anilines is 2. The van der Waals surface area contributed by atoms with Crippen molar-refractivity contribution >= 4 is 29.3 Å². The second-order valence-electron chi connectivity index (χ2n) is 8.19. The molecular weight excluding hydrogens is 466 g/mol. The first-order chi connectivity index (χ1) is 17.0. The van der Waals surface area contributed by atoms with Crippen molar-refractivity contribution in [3.05, 3.63) is 42.5 Å². The van der Waals surface area contributed by atoms with Gasteiger partial charge in [-0.05, 0) is 38.3 Å². The molecule has 186 valence electrons. The van der Waals surface area contributed by atoms with E-state index in [0.717, 1.165) is 37.6 Å². The summed E-state index contributed by atoms with van der Waals surface area (Å²) < 4.78 is 18.2. The predicted octanol–water partition coefficient (Wildman–Crippen LogP) is 4.40. The van der Waals surface area contributed by atoms with Crippen LogP contribution in [-0.2, 0) is 4.79 Å². The third kappa shape index (κ3) is 5.64. The van der Waals surface area contributed by atoms with Gasteiger partial charge < -0.3 is 24.4 Å². The molecule has 1 atom stereocenters. The molecule has 1 amide bonds. The van der Waals surface area contributed by atoms with Crippen molar-refractivity contribution < 1.29 is 19.0 Å². The zero-order chi connectivity index (χ0) is 24.8. The van der Waals surface area contributed by atoms with E-state index in [4.69, 9.17) is 14.2 Å². The molecule has 35 heavy (non-hydrogen) atoms. The molecule has 1 aliphatic rings. The number of carbonyl (C=O) groups is 1. The third-order valence-corrected chi connectivity index (χ3v) is 6.89. The van der Waals surface area contributed by atoms with Crippen molar-refractivity contribution in [1.82, 2.24) is 14.8 Å². The van der Waals surface area contributed by atoms with Crippen LogP contribution in [0, 0.1) is 0 Å². The van der Waals surface area contributed by atoms with Gasteiger partial charge in [0.15, 0.2) is 5.16 Å². The van der Waals surface area contributed by atoms with Crippen LogP contribution in [0.15, 0.2) is 47.6 Å². The smallest absolute Gasteiger partial charge is 0.237 e. The Balaban J connectivity index is 1.61. The third-order valence-electron chi connectivity index (χ3n) is 5.85. The zero-order valence-electron chi connectivity index (χ0n) is 20.5. The van der Waals surface area contributed by atoms with E-state index in [1.54, 1.807) is 39.5 Å². The first kappa shape index (κ1) is 24.7. The quantitative estimate of drug-likeness (QED) is 0.435. The molecule has 4 rings (SSSR count). The van der Waals surface area contributed by atoms with Crippen LogP contribution in [0.4, 0.5) is 11.6 Å². The Hall–Kier alpha value is -3.40. The molecule has 0 aliphatic carbocycles. The minimum absolute atomic E-state index is 0.167. The molecule has 0 radical (unpaired) electrons. The Labute approximate surface area is 209 Å². The number of carbonyl (C=O) groups excluding carboxylic acids is 1. The van der Waals surface area contributed by atoms with E-state index in [-0.39, 0.29) is 5.91 Å². The number of para-hydroxylation sites is 2. The van der Waals surface area contributed by atoms with Crippen LogP contribution in [0.3, 0.4) is 0 Å². The van der Waals surface area contributed by atoms with Gasteiger partial charge in [0.05, 0.1) is 32.3 Å². The molecule has 0 spiro atoms. The van der Waals surface area contributed by atoms with Crippen molar-refractivity contribution in [2.75, 3.05) is 44.6 Å².